The van der Waals surface area contributed by atoms with Gasteiger partial charge in [0, 0.05) is 51.3 Å². The fourth-order valence-electron chi connectivity index (χ4n) is 4.78. The molecule has 186 valence electrons. The van der Waals surface area contributed by atoms with Crippen molar-refractivity contribution in [3.63, 3.8) is 0 Å². The minimum absolute atomic E-state index is 0.0291. The summed E-state index contributed by atoms with van der Waals surface area (Å²) >= 11 is 0. The molecule has 1 amide bonds. The Morgan fingerprint density at radius 1 is 1.11 bits per heavy atom. The van der Waals surface area contributed by atoms with Crippen molar-refractivity contribution >= 4 is 18.1 Å². The molecular weight excluding hydrogens is 451 g/mol. The Morgan fingerprint density at radius 2 is 1.89 bits per heavy atom. The Balaban J connectivity index is 1.15. The topological polar surface area (TPSA) is 83.4 Å². The molecule has 1 aromatic heterocycles. The van der Waals surface area contributed by atoms with Crippen LogP contribution < -0.4 is 9.64 Å². The van der Waals surface area contributed by atoms with Gasteiger partial charge in [0.05, 0.1) is 25.5 Å². The normalized spacial score (nSPS) is 21.5. The van der Waals surface area contributed by atoms with E-state index in [0.29, 0.717) is 58.2 Å². The van der Waals surface area contributed by atoms with Crippen LogP contribution >= 0.6 is 0 Å². The van der Waals surface area contributed by atoms with Gasteiger partial charge in [0.25, 0.3) is 5.88 Å². The predicted molar refractivity (Wildman–Crippen MR) is 129 cm³/mol. The highest BCUT2D eigenvalue weighted by molar-refractivity contribution is 5.82. The first kappa shape index (κ1) is 23.6. The predicted octanol–water partition coefficient (Wildman–Crippen LogP) is 2.50. The van der Waals surface area contributed by atoms with Gasteiger partial charge in [-0.1, -0.05) is 30.3 Å². The molecule has 3 aliphatic rings. The number of hydrogen-bond acceptors (Lipinski definition) is 8. The Kier molecular flexibility index (Phi) is 7.48. The molecule has 0 aliphatic carbocycles. The van der Waals surface area contributed by atoms with Crippen LogP contribution in [-0.2, 0) is 9.53 Å². The van der Waals surface area contributed by atoms with Crippen LogP contribution in [0.3, 0.4) is 0 Å². The molecule has 4 heterocycles. The zero-order valence-corrected chi connectivity index (χ0v) is 19.8. The van der Waals surface area contributed by atoms with Crippen molar-refractivity contribution in [2.75, 3.05) is 57.4 Å². The van der Waals surface area contributed by atoms with E-state index in [4.69, 9.17) is 9.47 Å². The van der Waals surface area contributed by atoms with Gasteiger partial charge in [0.2, 0.25) is 17.7 Å². The van der Waals surface area contributed by atoms with E-state index in [0.717, 1.165) is 31.3 Å². The molecule has 35 heavy (non-hydrogen) atoms. The van der Waals surface area contributed by atoms with E-state index in [2.05, 4.69) is 20.0 Å². The van der Waals surface area contributed by atoms with Gasteiger partial charge in [-0.15, -0.1) is 0 Å². The van der Waals surface area contributed by atoms with E-state index >= 15 is 0 Å². The lowest BCUT2D eigenvalue weighted by molar-refractivity contribution is -0.138. The van der Waals surface area contributed by atoms with E-state index in [1.165, 1.54) is 0 Å². The molecular formula is C25H31FN6O3. The molecule has 9 nitrogen and oxygen atoms in total. The first-order chi connectivity index (χ1) is 17.2. The number of nitrogens with zero attached hydrogens (tertiary/aromatic N) is 6. The Bertz CT molecular complexity index is 1030. The monoisotopic (exact) mass is 482 g/mol. The first-order valence-corrected chi connectivity index (χ1v) is 12.3. The highest BCUT2D eigenvalue weighted by Gasteiger charge is 2.35. The van der Waals surface area contributed by atoms with E-state index in [1.54, 1.807) is 5.01 Å². The molecule has 0 saturated carbocycles. The standard InChI is InChI=1S/C25H31FN6O3/c26-21-18-27-25(29-23(21)35-17-14-30-12-15-34-16-13-30)31-10-7-20(8-11-31)24(33)32-22(6-9-28-32)19-4-2-1-3-5-19/h1-5,9,18,20,22H,6-8,10-17H2. The number of amides is 1. The lowest BCUT2D eigenvalue weighted by atomic mass is 9.94. The minimum Gasteiger partial charge on any atom is -0.474 e. The number of benzene rings is 1. The molecule has 5 rings (SSSR count). The molecule has 0 bridgehead atoms. The van der Waals surface area contributed by atoms with E-state index in [9.17, 15) is 9.18 Å². The maximum Gasteiger partial charge on any atom is 0.255 e. The molecule has 10 heteroatoms. The van der Waals surface area contributed by atoms with Gasteiger partial charge < -0.3 is 14.4 Å². The first-order valence-electron chi connectivity index (χ1n) is 12.3. The van der Waals surface area contributed by atoms with Crippen molar-refractivity contribution in [1.29, 1.82) is 0 Å². The number of rotatable bonds is 7. The number of carbonyl (C=O) groups is 1. The van der Waals surface area contributed by atoms with Crippen molar-refractivity contribution in [2.24, 2.45) is 11.0 Å². The summed E-state index contributed by atoms with van der Waals surface area (Å²) in [6, 6.07) is 9.97. The third kappa shape index (κ3) is 5.59. The summed E-state index contributed by atoms with van der Waals surface area (Å²) in [4.78, 5) is 26.0. The lowest BCUT2D eigenvalue weighted by Gasteiger charge is -2.33. The SMILES string of the molecule is O=C(C1CCN(c2ncc(F)c(OCCN3CCOCC3)n2)CC1)N1N=CCC1c1ccccc1. The van der Waals surface area contributed by atoms with Crippen molar-refractivity contribution in [3.05, 3.63) is 47.9 Å². The summed E-state index contributed by atoms with van der Waals surface area (Å²) in [5.74, 6) is -0.227. The smallest absolute Gasteiger partial charge is 0.255 e. The summed E-state index contributed by atoms with van der Waals surface area (Å²) < 4.78 is 25.2. The number of ether oxygens (including phenoxy) is 2. The number of aromatic nitrogens is 2. The molecule has 3 aliphatic heterocycles. The molecule has 0 N–H and O–H groups in total. The summed E-state index contributed by atoms with van der Waals surface area (Å²) in [7, 11) is 0. The van der Waals surface area contributed by atoms with Gasteiger partial charge in [-0.25, -0.2) is 9.99 Å². The van der Waals surface area contributed by atoms with E-state index in [-0.39, 0.29) is 23.7 Å². The van der Waals surface area contributed by atoms with Crippen LogP contribution in [0.2, 0.25) is 0 Å². The van der Waals surface area contributed by atoms with E-state index in [1.807, 2.05) is 41.4 Å². The maximum atomic E-state index is 14.3. The van der Waals surface area contributed by atoms with Crippen LogP contribution in [0.25, 0.3) is 0 Å². The third-order valence-corrected chi connectivity index (χ3v) is 6.82. The van der Waals surface area contributed by atoms with Gasteiger partial charge in [0.1, 0.15) is 6.61 Å². The van der Waals surface area contributed by atoms with Crippen molar-refractivity contribution in [2.45, 2.75) is 25.3 Å². The van der Waals surface area contributed by atoms with Gasteiger partial charge in [-0.3, -0.25) is 9.69 Å². The zero-order chi connectivity index (χ0) is 24.0. The minimum atomic E-state index is -0.570. The third-order valence-electron chi connectivity index (χ3n) is 6.82. The number of hydrogen-bond donors (Lipinski definition) is 0. The average Bonchev–Trinajstić information content (AvgIpc) is 3.41. The number of anilines is 1. The quantitative estimate of drug-likeness (QED) is 0.600. The summed E-state index contributed by atoms with van der Waals surface area (Å²) in [5, 5.41) is 6.02. The number of morpholine rings is 1. The lowest BCUT2D eigenvalue weighted by Crippen LogP contribution is -2.41. The van der Waals surface area contributed by atoms with Crippen molar-refractivity contribution in [3.8, 4) is 5.88 Å². The van der Waals surface area contributed by atoms with Gasteiger partial charge in [-0.05, 0) is 18.4 Å². The molecule has 0 radical (unpaired) electrons. The fraction of sp³-hybridized carbons (Fsp3) is 0.520. The van der Waals surface area contributed by atoms with Crippen LogP contribution in [0, 0.1) is 11.7 Å². The van der Waals surface area contributed by atoms with Gasteiger partial charge in [-0.2, -0.15) is 14.5 Å². The van der Waals surface area contributed by atoms with E-state index < -0.39 is 5.82 Å². The second kappa shape index (κ2) is 11.1. The molecule has 2 fully saturated rings. The Hall–Kier alpha value is -3.11. The van der Waals surface area contributed by atoms with Crippen LogP contribution in [0.15, 0.2) is 41.6 Å². The second-order valence-electron chi connectivity index (χ2n) is 9.03. The Morgan fingerprint density at radius 3 is 2.66 bits per heavy atom. The molecule has 1 aromatic carbocycles. The number of halogens is 1. The molecule has 2 saturated heterocycles. The number of carbonyl (C=O) groups excluding carboxylic acids is 1. The number of hydrazone groups is 1. The van der Waals surface area contributed by atoms with Gasteiger partial charge >= 0.3 is 0 Å². The molecule has 0 spiro atoms. The second-order valence-corrected chi connectivity index (χ2v) is 9.03. The summed E-state index contributed by atoms with van der Waals surface area (Å²) in [5.41, 5.74) is 1.09. The maximum absolute atomic E-state index is 14.3. The fourth-order valence-corrected chi connectivity index (χ4v) is 4.78. The highest BCUT2D eigenvalue weighted by Crippen LogP contribution is 2.32. The average molecular weight is 483 g/mol. The molecule has 2 aromatic rings. The van der Waals surface area contributed by atoms with Crippen LogP contribution in [0.1, 0.15) is 30.9 Å². The van der Waals surface area contributed by atoms with Crippen LogP contribution in [0.5, 0.6) is 5.88 Å². The molecule has 1 atom stereocenters. The highest BCUT2D eigenvalue weighted by atomic mass is 19.1. The largest absolute Gasteiger partial charge is 0.474 e. The Labute approximate surface area is 204 Å². The zero-order valence-electron chi connectivity index (χ0n) is 19.8. The van der Waals surface area contributed by atoms with Crippen molar-refractivity contribution in [1.82, 2.24) is 19.9 Å². The van der Waals surface area contributed by atoms with Gasteiger partial charge in [0.15, 0.2) is 0 Å². The summed E-state index contributed by atoms with van der Waals surface area (Å²) in [6.07, 6.45) is 5.04. The molecule has 1 unspecified atom stereocenters. The number of piperidine rings is 1. The van der Waals surface area contributed by atoms with Crippen LogP contribution in [0.4, 0.5) is 10.3 Å². The van der Waals surface area contributed by atoms with Crippen molar-refractivity contribution < 1.29 is 18.7 Å². The summed E-state index contributed by atoms with van der Waals surface area (Å²) in [6.45, 7) is 5.39. The van der Waals surface area contributed by atoms with Crippen LogP contribution in [-0.4, -0.2) is 84.5 Å².